The Balaban J connectivity index is 1.65. The van der Waals surface area contributed by atoms with Crippen molar-refractivity contribution in [3.63, 3.8) is 0 Å². The molecule has 1 atom stereocenters. The smallest absolute Gasteiger partial charge is 0.272 e. The second-order valence-electron chi connectivity index (χ2n) is 5.93. The SMILES string of the molecule is C[C@H]1CN(C(=O)c2ccccn2)Cc2nnc(-c3ccccc3)n21. The maximum Gasteiger partial charge on any atom is 0.272 e. The zero-order valence-electron chi connectivity index (χ0n) is 13.3. The fraction of sp³-hybridized carbons (Fsp3) is 0.222. The van der Waals surface area contributed by atoms with Crippen LogP contribution < -0.4 is 0 Å². The van der Waals surface area contributed by atoms with Crippen LogP contribution in [0.1, 0.15) is 29.3 Å². The molecule has 3 heterocycles. The first-order valence-corrected chi connectivity index (χ1v) is 7.93. The highest BCUT2D eigenvalue weighted by Gasteiger charge is 2.30. The quantitative estimate of drug-likeness (QED) is 0.728. The van der Waals surface area contributed by atoms with Crippen LogP contribution in [0.15, 0.2) is 54.7 Å². The van der Waals surface area contributed by atoms with E-state index < -0.39 is 0 Å². The summed E-state index contributed by atoms with van der Waals surface area (Å²) in [6, 6.07) is 15.5. The molecule has 0 N–H and O–H groups in total. The van der Waals surface area contributed by atoms with Crippen molar-refractivity contribution in [1.29, 1.82) is 0 Å². The van der Waals surface area contributed by atoms with Crippen LogP contribution >= 0.6 is 0 Å². The molecule has 0 saturated heterocycles. The van der Waals surface area contributed by atoms with Crippen LogP contribution in [-0.4, -0.2) is 37.1 Å². The van der Waals surface area contributed by atoms with Gasteiger partial charge in [0.05, 0.1) is 12.6 Å². The van der Waals surface area contributed by atoms with E-state index in [0.717, 1.165) is 17.2 Å². The summed E-state index contributed by atoms with van der Waals surface area (Å²) in [5.74, 6) is 1.58. The fourth-order valence-corrected chi connectivity index (χ4v) is 3.12. The Kier molecular flexibility index (Phi) is 3.57. The summed E-state index contributed by atoms with van der Waals surface area (Å²) >= 11 is 0. The molecule has 120 valence electrons. The molecule has 1 aliphatic rings. The van der Waals surface area contributed by atoms with E-state index in [4.69, 9.17) is 0 Å². The normalized spacial score (nSPS) is 16.7. The Morgan fingerprint density at radius 3 is 2.62 bits per heavy atom. The number of rotatable bonds is 2. The molecule has 6 heteroatoms. The second kappa shape index (κ2) is 5.88. The van der Waals surface area contributed by atoms with E-state index in [1.165, 1.54) is 0 Å². The van der Waals surface area contributed by atoms with Crippen LogP contribution in [0, 0.1) is 0 Å². The zero-order valence-corrected chi connectivity index (χ0v) is 13.3. The molecule has 0 unspecified atom stereocenters. The minimum absolute atomic E-state index is 0.0713. The van der Waals surface area contributed by atoms with Crippen molar-refractivity contribution in [2.24, 2.45) is 0 Å². The van der Waals surface area contributed by atoms with Gasteiger partial charge in [-0.25, -0.2) is 0 Å². The van der Waals surface area contributed by atoms with E-state index >= 15 is 0 Å². The van der Waals surface area contributed by atoms with Gasteiger partial charge >= 0.3 is 0 Å². The van der Waals surface area contributed by atoms with Crippen LogP contribution in [-0.2, 0) is 6.54 Å². The van der Waals surface area contributed by atoms with E-state index in [2.05, 4.69) is 26.7 Å². The van der Waals surface area contributed by atoms with Gasteiger partial charge < -0.3 is 9.47 Å². The van der Waals surface area contributed by atoms with Gasteiger partial charge in [-0.3, -0.25) is 9.78 Å². The number of carbonyl (C=O) groups excluding carboxylic acids is 1. The summed E-state index contributed by atoms with van der Waals surface area (Å²) in [6.45, 7) is 3.14. The van der Waals surface area contributed by atoms with Gasteiger partial charge in [0.25, 0.3) is 5.91 Å². The average Bonchev–Trinajstić information content (AvgIpc) is 3.07. The van der Waals surface area contributed by atoms with Gasteiger partial charge in [0.15, 0.2) is 11.6 Å². The number of fused-ring (bicyclic) bond motifs is 1. The zero-order chi connectivity index (χ0) is 16.5. The maximum absolute atomic E-state index is 12.6. The van der Waals surface area contributed by atoms with Crippen LogP contribution in [0.5, 0.6) is 0 Å². The molecule has 1 aromatic carbocycles. The van der Waals surface area contributed by atoms with Crippen molar-refractivity contribution in [3.05, 3.63) is 66.2 Å². The monoisotopic (exact) mass is 319 g/mol. The van der Waals surface area contributed by atoms with Gasteiger partial charge in [-0.2, -0.15) is 0 Å². The Morgan fingerprint density at radius 2 is 1.88 bits per heavy atom. The van der Waals surface area contributed by atoms with E-state index in [1.807, 2.05) is 36.4 Å². The Labute approximate surface area is 139 Å². The lowest BCUT2D eigenvalue weighted by Crippen LogP contribution is -2.40. The first kappa shape index (κ1) is 14.6. The van der Waals surface area contributed by atoms with Gasteiger partial charge in [0.1, 0.15) is 5.69 Å². The molecule has 0 radical (unpaired) electrons. The molecule has 0 fully saturated rings. The fourth-order valence-electron chi connectivity index (χ4n) is 3.12. The molecular formula is C18H17N5O. The predicted molar refractivity (Wildman–Crippen MR) is 89.1 cm³/mol. The van der Waals surface area contributed by atoms with Crippen molar-refractivity contribution in [2.45, 2.75) is 19.5 Å². The van der Waals surface area contributed by atoms with Crippen LogP contribution in [0.3, 0.4) is 0 Å². The highest BCUT2D eigenvalue weighted by atomic mass is 16.2. The lowest BCUT2D eigenvalue weighted by atomic mass is 10.1. The summed E-state index contributed by atoms with van der Waals surface area (Å²) < 4.78 is 2.12. The minimum Gasteiger partial charge on any atom is -0.328 e. The lowest BCUT2D eigenvalue weighted by Gasteiger charge is -2.32. The van der Waals surface area contributed by atoms with Crippen LogP contribution in [0.4, 0.5) is 0 Å². The first-order chi connectivity index (χ1) is 11.7. The first-order valence-electron chi connectivity index (χ1n) is 7.93. The minimum atomic E-state index is -0.0713. The van der Waals surface area contributed by atoms with Gasteiger partial charge in [0.2, 0.25) is 0 Å². The third-order valence-electron chi connectivity index (χ3n) is 4.23. The molecule has 0 saturated carbocycles. The van der Waals surface area contributed by atoms with Crippen molar-refractivity contribution >= 4 is 5.91 Å². The van der Waals surface area contributed by atoms with Crippen molar-refractivity contribution in [3.8, 4) is 11.4 Å². The van der Waals surface area contributed by atoms with Gasteiger partial charge in [0, 0.05) is 18.3 Å². The number of aromatic nitrogens is 4. The molecular weight excluding hydrogens is 302 g/mol. The summed E-state index contributed by atoms with van der Waals surface area (Å²) in [4.78, 5) is 18.6. The van der Waals surface area contributed by atoms with Crippen LogP contribution in [0.2, 0.25) is 0 Å². The molecule has 24 heavy (non-hydrogen) atoms. The van der Waals surface area contributed by atoms with Gasteiger partial charge in [-0.1, -0.05) is 36.4 Å². The molecule has 3 aromatic rings. The Morgan fingerprint density at radius 1 is 1.08 bits per heavy atom. The number of pyridine rings is 1. The van der Waals surface area contributed by atoms with E-state index in [-0.39, 0.29) is 11.9 Å². The van der Waals surface area contributed by atoms with Crippen LogP contribution in [0.25, 0.3) is 11.4 Å². The Hall–Kier alpha value is -3.02. The number of amides is 1. The molecule has 4 rings (SSSR count). The number of benzene rings is 1. The second-order valence-corrected chi connectivity index (χ2v) is 5.93. The average molecular weight is 319 g/mol. The van der Waals surface area contributed by atoms with E-state index in [0.29, 0.717) is 18.8 Å². The van der Waals surface area contributed by atoms with Crippen molar-refractivity contribution < 1.29 is 4.79 Å². The third kappa shape index (κ3) is 2.46. The summed E-state index contributed by atoms with van der Waals surface area (Å²) in [5.41, 5.74) is 1.49. The molecule has 2 aromatic heterocycles. The largest absolute Gasteiger partial charge is 0.328 e. The van der Waals surface area contributed by atoms with Crippen molar-refractivity contribution in [1.82, 2.24) is 24.6 Å². The highest BCUT2D eigenvalue weighted by Crippen LogP contribution is 2.27. The molecule has 0 aliphatic carbocycles. The summed E-state index contributed by atoms with van der Waals surface area (Å²) in [7, 11) is 0. The predicted octanol–water partition coefficient (Wildman–Crippen LogP) is 2.56. The standard InChI is InChI=1S/C18H17N5O/c1-13-11-22(18(24)15-9-5-6-10-19-15)12-16-20-21-17(23(13)16)14-7-3-2-4-8-14/h2-10,13H,11-12H2,1H3/t13-/m0/s1. The summed E-state index contributed by atoms with van der Waals surface area (Å²) in [6.07, 6.45) is 1.64. The van der Waals surface area contributed by atoms with E-state index in [1.54, 1.807) is 23.2 Å². The molecule has 0 spiro atoms. The maximum atomic E-state index is 12.6. The van der Waals surface area contributed by atoms with E-state index in [9.17, 15) is 4.79 Å². The van der Waals surface area contributed by atoms with Gasteiger partial charge in [-0.15, -0.1) is 10.2 Å². The van der Waals surface area contributed by atoms with Crippen molar-refractivity contribution in [2.75, 3.05) is 6.54 Å². The third-order valence-corrected chi connectivity index (χ3v) is 4.23. The Bertz CT molecular complexity index is 860. The number of hydrogen-bond donors (Lipinski definition) is 0. The molecule has 1 aliphatic heterocycles. The number of nitrogens with zero attached hydrogens (tertiary/aromatic N) is 5. The summed E-state index contributed by atoms with van der Waals surface area (Å²) in [5, 5.41) is 8.65. The topological polar surface area (TPSA) is 63.9 Å². The number of hydrogen-bond acceptors (Lipinski definition) is 4. The number of carbonyl (C=O) groups is 1. The molecule has 6 nitrogen and oxygen atoms in total. The molecule has 0 bridgehead atoms. The highest BCUT2D eigenvalue weighted by molar-refractivity contribution is 5.92. The lowest BCUT2D eigenvalue weighted by molar-refractivity contribution is 0.0676. The molecule has 1 amide bonds. The van der Waals surface area contributed by atoms with Gasteiger partial charge in [-0.05, 0) is 19.1 Å².